The summed E-state index contributed by atoms with van der Waals surface area (Å²) in [5.74, 6) is 0. The topological polar surface area (TPSA) is 21.3 Å². The first-order valence-corrected chi connectivity index (χ1v) is 5.71. The summed E-state index contributed by atoms with van der Waals surface area (Å²) >= 11 is 0. The van der Waals surface area contributed by atoms with E-state index in [9.17, 15) is 0 Å². The molecule has 1 saturated carbocycles. The van der Waals surface area contributed by atoms with Gasteiger partial charge in [-0.05, 0) is 32.7 Å². The maximum absolute atomic E-state index is 5.88. The van der Waals surface area contributed by atoms with E-state index in [1.165, 1.54) is 38.5 Å². The van der Waals surface area contributed by atoms with Crippen molar-refractivity contribution >= 4 is 0 Å². The summed E-state index contributed by atoms with van der Waals surface area (Å²) in [5.41, 5.74) is 0. The molecule has 0 spiro atoms. The first-order chi connectivity index (χ1) is 6.33. The van der Waals surface area contributed by atoms with E-state index in [2.05, 4.69) is 19.2 Å². The van der Waals surface area contributed by atoms with Gasteiger partial charge in [-0.1, -0.05) is 26.2 Å². The van der Waals surface area contributed by atoms with Crippen LogP contribution in [-0.4, -0.2) is 18.9 Å². The summed E-state index contributed by atoms with van der Waals surface area (Å²) in [5, 5.41) is 3.36. The average Bonchev–Trinajstić information content (AvgIpc) is 2.16. The molecule has 78 valence electrons. The van der Waals surface area contributed by atoms with Crippen LogP contribution in [-0.2, 0) is 4.74 Å². The summed E-state index contributed by atoms with van der Waals surface area (Å²) < 4.78 is 5.88. The predicted octanol–water partition coefficient (Wildman–Crippen LogP) is 2.68. The fraction of sp³-hybridized carbons (Fsp3) is 1.00. The Morgan fingerprint density at radius 2 is 2.00 bits per heavy atom. The first kappa shape index (κ1) is 11.0. The van der Waals surface area contributed by atoms with Gasteiger partial charge >= 0.3 is 0 Å². The van der Waals surface area contributed by atoms with Crippen LogP contribution >= 0.6 is 0 Å². The Balaban J connectivity index is 2.07. The molecule has 0 bridgehead atoms. The fourth-order valence-electron chi connectivity index (χ4n) is 1.89. The van der Waals surface area contributed by atoms with E-state index in [0.29, 0.717) is 6.10 Å². The van der Waals surface area contributed by atoms with Crippen molar-refractivity contribution in [2.75, 3.05) is 6.54 Å². The van der Waals surface area contributed by atoms with Gasteiger partial charge in [0.2, 0.25) is 0 Å². The SMILES string of the molecule is CCCNC(C)OC1CCCCC1. The van der Waals surface area contributed by atoms with Gasteiger partial charge in [0.1, 0.15) is 6.23 Å². The van der Waals surface area contributed by atoms with Gasteiger partial charge < -0.3 is 4.74 Å². The Morgan fingerprint density at radius 3 is 2.62 bits per heavy atom. The minimum atomic E-state index is 0.239. The van der Waals surface area contributed by atoms with Gasteiger partial charge in [0.25, 0.3) is 0 Å². The van der Waals surface area contributed by atoms with Crippen molar-refractivity contribution in [3.8, 4) is 0 Å². The summed E-state index contributed by atoms with van der Waals surface area (Å²) in [4.78, 5) is 0. The summed E-state index contributed by atoms with van der Waals surface area (Å²) in [7, 11) is 0. The van der Waals surface area contributed by atoms with Crippen molar-refractivity contribution in [2.45, 2.75) is 64.7 Å². The van der Waals surface area contributed by atoms with Crippen molar-refractivity contribution in [3.63, 3.8) is 0 Å². The lowest BCUT2D eigenvalue weighted by Gasteiger charge is -2.26. The number of rotatable bonds is 5. The Morgan fingerprint density at radius 1 is 1.31 bits per heavy atom. The third-order valence-corrected chi connectivity index (χ3v) is 2.63. The second-order valence-electron chi connectivity index (χ2n) is 3.99. The van der Waals surface area contributed by atoms with Crippen LogP contribution in [0.3, 0.4) is 0 Å². The van der Waals surface area contributed by atoms with Gasteiger partial charge in [0.15, 0.2) is 0 Å². The van der Waals surface area contributed by atoms with Crippen molar-refractivity contribution in [1.29, 1.82) is 0 Å². The summed E-state index contributed by atoms with van der Waals surface area (Å²) in [6, 6.07) is 0. The van der Waals surface area contributed by atoms with Gasteiger partial charge in [-0.3, -0.25) is 5.32 Å². The van der Waals surface area contributed by atoms with Crippen LogP contribution in [0.25, 0.3) is 0 Å². The smallest absolute Gasteiger partial charge is 0.105 e. The van der Waals surface area contributed by atoms with E-state index in [4.69, 9.17) is 4.74 Å². The molecule has 1 N–H and O–H groups in total. The van der Waals surface area contributed by atoms with Crippen LogP contribution in [0.2, 0.25) is 0 Å². The molecule has 1 unspecified atom stereocenters. The third-order valence-electron chi connectivity index (χ3n) is 2.63. The molecule has 2 heteroatoms. The second-order valence-corrected chi connectivity index (χ2v) is 3.99. The van der Waals surface area contributed by atoms with E-state index < -0.39 is 0 Å². The minimum absolute atomic E-state index is 0.239. The van der Waals surface area contributed by atoms with Gasteiger partial charge in [-0.15, -0.1) is 0 Å². The standard InChI is InChI=1S/C11H23NO/c1-3-9-12-10(2)13-11-7-5-4-6-8-11/h10-12H,3-9H2,1-2H3. The van der Waals surface area contributed by atoms with Crippen LogP contribution in [0.4, 0.5) is 0 Å². The number of hydrogen-bond donors (Lipinski definition) is 1. The lowest BCUT2D eigenvalue weighted by atomic mass is 9.98. The van der Waals surface area contributed by atoms with Crippen LogP contribution in [0.1, 0.15) is 52.4 Å². The van der Waals surface area contributed by atoms with Gasteiger partial charge in [-0.2, -0.15) is 0 Å². The molecule has 0 aliphatic heterocycles. The highest BCUT2D eigenvalue weighted by molar-refractivity contribution is 4.66. The third kappa shape index (κ3) is 4.63. The Labute approximate surface area is 82.0 Å². The maximum Gasteiger partial charge on any atom is 0.105 e. The molecule has 0 aromatic heterocycles. The number of ether oxygens (including phenoxy) is 1. The van der Waals surface area contributed by atoms with Crippen molar-refractivity contribution in [1.82, 2.24) is 5.32 Å². The van der Waals surface area contributed by atoms with Crippen LogP contribution in [0.15, 0.2) is 0 Å². The Hall–Kier alpha value is -0.0800. The maximum atomic E-state index is 5.88. The molecule has 0 aromatic carbocycles. The van der Waals surface area contributed by atoms with Gasteiger partial charge in [-0.25, -0.2) is 0 Å². The van der Waals surface area contributed by atoms with Gasteiger partial charge in [0.05, 0.1) is 6.10 Å². The van der Waals surface area contributed by atoms with Crippen molar-refractivity contribution < 1.29 is 4.74 Å². The molecule has 0 amide bonds. The normalized spacial score (nSPS) is 21.7. The van der Waals surface area contributed by atoms with Crippen molar-refractivity contribution in [2.24, 2.45) is 0 Å². The highest BCUT2D eigenvalue weighted by atomic mass is 16.5. The average molecular weight is 185 g/mol. The fourth-order valence-corrected chi connectivity index (χ4v) is 1.89. The van der Waals surface area contributed by atoms with Gasteiger partial charge in [0, 0.05) is 0 Å². The molecule has 0 radical (unpaired) electrons. The molecular formula is C11H23NO. The van der Waals surface area contributed by atoms with E-state index in [0.717, 1.165) is 6.54 Å². The second kappa shape index (κ2) is 6.39. The summed E-state index contributed by atoms with van der Waals surface area (Å²) in [6.45, 7) is 5.36. The molecule has 0 heterocycles. The van der Waals surface area contributed by atoms with E-state index in [1.54, 1.807) is 0 Å². The van der Waals surface area contributed by atoms with Crippen molar-refractivity contribution in [3.05, 3.63) is 0 Å². The Kier molecular flexibility index (Phi) is 5.40. The molecule has 0 saturated heterocycles. The molecule has 13 heavy (non-hydrogen) atoms. The molecule has 0 aromatic rings. The molecule has 1 aliphatic carbocycles. The molecular weight excluding hydrogens is 162 g/mol. The molecule has 1 aliphatic rings. The highest BCUT2D eigenvalue weighted by Gasteiger charge is 2.15. The van der Waals surface area contributed by atoms with E-state index >= 15 is 0 Å². The largest absolute Gasteiger partial charge is 0.360 e. The van der Waals surface area contributed by atoms with Crippen LogP contribution in [0.5, 0.6) is 0 Å². The molecule has 1 rings (SSSR count). The number of hydrogen-bond acceptors (Lipinski definition) is 2. The zero-order chi connectivity index (χ0) is 9.52. The van der Waals surface area contributed by atoms with E-state index in [1.807, 2.05) is 0 Å². The zero-order valence-electron chi connectivity index (χ0n) is 9.01. The van der Waals surface area contributed by atoms with Crippen LogP contribution < -0.4 is 5.32 Å². The summed E-state index contributed by atoms with van der Waals surface area (Å²) in [6.07, 6.45) is 8.57. The predicted molar refractivity (Wildman–Crippen MR) is 55.7 cm³/mol. The molecule has 1 fully saturated rings. The molecule has 2 nitrogen and oxygen atoms in total. The van der Waals surface area contributed by atoms with Crippen LogP contribution in [0, 0.1) is 0 Å². The highest BCUT2D eigenvalue weighted by Crippen LogP contribution is 2.20. The zero-order valence-corrected chi connectivity index (χ0v) is 9.01. The number of nitrogens with one attached hydrogen (secondary N) is 1. The molecule has 1 atom stereocenters. The minimum Gasteiger partial charge on any atom is -0.360 e. The lowest BCUT2D eigenvalue weighted by molar-refractivity contribution is -0.0361. The van der Waals surface area contributed by atoms with E-state index in [-0.39, 0.29) is 6.23 Å². The quantitative estimate of drug-likeness (QED) is 0.665. The Bertz CT molecular complexity index is 121. The first-order valence-electron chi connectivity index (χ1n) is 5.71. The lowest BCUT2D eigenvalue weighted by Crippen LogP contribution is -2.34. The monoisotopic (exact) mass is 185 g/mol.